The SMILES string of the molecule is O=C(c1ccccc1P(c1ccccc1)c1ccccc1)N(O)CC1=NNN(Cc2cc(C(F)(F)F)cc(C(F)(F)F)c2)C1. The number of alkyl halides is 6. The molecule has 44 heavy (non-hydrogen) atoms. The topological polar surface area (TPSA) is 68.2 Å². The van der Waals surface area contributed by atoms with Gasteiger partial charge in [0.1, 0.15) is 0 Å². The fraction of sp³-hybridized carbons (Fsp3) is 0.161. The molecule has 0 saturated carbocycles. The largest absolute Gasteiger partial charge is 0.416 e. The zero-order valence-corrected chi connectivity index (χ0v) is 23.7. The molecule has 0 spiro atoms. The number of carbonyl (C=O) groups is 1. The van der Waals surface area contributed by atoms with Gasteiger partial charge in [-0.2, -0.15) is 36.5 Å². The number of hydroxylamine groups is 2. The highest BCUT2D eigenvalue weighted by atomic mass is 31.1. The van der Waals surface area contributed by atoms with E-state index in [-0.39, 0.29) is 42.5 Å². The highest BCUT2D eigenvalue weighted by Crippen LogP contribution is 2.37. The first-order chi connectivity index (χ1) is 20.9. The van der Waals surface area contributed by atoms with Crippen molar-refractivity contribution in [3.63, 3.8) is 0 Å². The van der Waals surface area contributed by atoms with Crippen LogP contribution in [0, 0.1) is 0 Å². The number of nitrogens with zero attached hydrogens (tertiary/aromatic N) is 3. The predicted molar refractivity (Wildman–Crippen MR) is 155 cm³/mol. The van der Waals surface area contributed by atoms with Gasteiger partial charge >= 0.3 is 12.4 Å². The van der Waals surface area contributed by atoms with E-state index in [2.05, 4.69) is 10.6 Å². The number of hydrazone groups is 1. The molecular weight excluding hydrogens is 605 g/mol. The van der Waals surface area contributed by atoms with Gasteiger partial charge in [-0.05, 0) is 53.7 Å². The Morgan fingerprint density at radius 2 is 1.34 bits per heavy atom. The van der Waals surface area contributed by atoms with Crippen molar-refractivity contribution in [2.45, 2.75) is 18.9 Å². The van der Waals surface area contributed by atoms with Crippen LogP contribution in [0.4, 0.5) is 26.3 Å². The lowest BCUT2D eigenvalue weighted by molar-refractivity contribution is -0.143. The molecule has 0 radical (unpaired) electrons. The molecule has 1 amide bonds. The number of hydrazine groups is 1. The Morgan fingerprint density at radius 3 is 1.89 bits per heavy atom. The van der Waals surface area contributed by atoms with Crippen LogP contribution in [-0.2, 0) is 18.9 Å². The summed E-state index contributed by atoms with van der Waals surface area (Å²) >= 11 is 0. The van der Waals surface area contributed by atoms with Crippen molar-refractivity contribution in [2.75, 3.05) is 13.1 Å². The van der Waals surface area contributed by atoms with Gasteiger partial charge in [0, 0.05) is 6.54 Å². The summed E-state index contributed by atoms with van der Waals surface area (Å²) in [6, 6.07) is 27.7. The molecule has 2 N–H and O–H groups in total. The second-order valence-electron chi connectivity index (χ2n) is 9.93. The molecule has 0 bridgehead atoms. The number of nitrogens with one attached hydrogen (secondary N) is 1. The predicted octanol–water partition coefficient (Wildman–Crippen LogP) is 5.69. The van der Waals surface area contributed by atoms with Gasteiger partial charge in [-0.3, -0.25) is 10.0 Å². The summed E-state index contributed by atoms with van der Waals surface area (Å²) in [5, 5.41) is 19.3. The van der Waals surface area contributed by atoms with Crippen LogP contribution in [0.25, 0.3) is 0 Å². The third kappa shape index (κ3) is 7.27. The number of benzene rings is 4. The van der Waals surface area contributed by atoms with E-state index in [1.165, 1.54) is 5.01 Å². The second kappa shape index (κ2) is 12.8. The minimum atomic E-state index is -4.97. The third-order valence-corrected chi connectivity index (χ3v) is 9.22. The monoisotopic (exact) mass is 630 g/mol. The van der Waals surface area contributed by atoms with Crippen LogP contribution < -0.4 is 21.4 Å². The number of halogens is 6. The van der Waals surface area contributed by atoms with Gasteiger partial charge in [-0.15, -0.1) is 0 Å². The molecule has 4 aromatic carbocycles. The molecule has 4 aromatic rings. The summed E-state index contributed by atoms with van der Waals surface area (Å²) < 4.78 is 79.6. The van der Waals surface area contributed by atoms with E-state index in [4.69, 9.17) is 0 Å². The second-order valence-corrected chi connectivity index (χ2v) is 12.1. The van der Waals surface area contributed by atoms with Crippen LogP contribution >= 0.6 is 7.92 Å². The average molecular weight is 631 g/mol. The maximum atomic E-state index is 13.5. The molecule has 0 unspecified atom stereocenters. The van der Waals surface area contributed by atoms with Crippen molar-refractivity contribution in [2.24, 2.45) is 5.10 Å². The van der Waals surface area contributed by atoms with E-state index in [0.717, 1.165) is 15.9 Å². The van der Waals surface area contributed by atoms with E-state index in [1.807, 2.05) is 72.8 Å². The fourth-order valence-corrected chi connectivity index (χ4v) is 7.20. The first kappa shape index (κ1) is 31.2. The van der Waals surface area contributed by atoms with Gasteiger partial charge in [-0.25, -0.2) is 10.6 Å². The highest BCUT2D eigenvalue weighted by molar-refractivity contribution is 7.80. The Kier molecular flexibility index (Phi) is 9.05. The lowest BCUT2D eigenvalue weighted by Crippen LogP contribution is -2.38. The number of carbonyl (C=O) groups excluding carboxylic acids is 1. The molecule has 0 fully saturated rings. The molecule has 0 aliphatic carbocycles. The van der Waals surface area contributed by atoms with Crippen LogP contribution in [-0.4, -0.2) is 40.0 Å². The maximum absolute atomic E-state index is 13.5. The van der Waals surface area contributed by atoms with Crippen LogP contribution in [0.5, 0.6) is 0 Å². The molecule has 5 rings (SSSR count). The molecule has 6 nitrogen and oxygen atoms in total. The number of hydrogen-bond donors (Lipinski definition) is 2. The fourth-order valence-electron chi connectivity index (χ4n) is 4.75. The first-order valence-electron chi connectivity index (χ1n) is 13.2. The van der Waals surface area contributed by atoms with E-state index in [1.54, 1.807) is 12.1 Å². The van der Waals surface area contributed by atoms with Crippen LogP contribution in [0.2, 0.25) is 0 Å². The van der Waals surface area contributed by atoms with Crippen molar-refractivity contribution >= 4 is 35.5 Å². The number of amides is 1. The molecule has 1 heterocycles. The first-order valence-corrected chi connectivity index (χ1v) is 14.6. The maximum Gasteiger partial charge on any atom is 0.416 e. The van der Waals surface area contributed by atoms with Crippen molar-refractivity contribution in [1.82, 2.24) is 15.6 Å². The molecule has 0 aromatic heterocycles. The van der Waals surface area contributed by atoms with Gasteiger partial charge in [0.15, 0.2) is 0 Å². The van der Waals surface area contributed by atoms with Gasteiger partial charge in [0.25, 0.3) is 5.91 Å². The quantitative estimate of drug-likeness (QED) is 0.114. The van der Waals surface area contributed by atoms with E-state index >= 15 is 0 Å². The Labute approximate surface area is 249 Å². The average Bonchev–Trinajstić information content (AvgIpc) is 3.43. The Hall–Kier alpha value is -4.25. The van der Waals surface area contributed by atoms with Crippen molar-refractivity contribution < 1.29 is 36.3 Å². The van der Waals surface area contributed by atoms with Crippen molar-refractivity contribution in [3.05, 3.63) is 125 Å². The van der Waals surface area contributed by atoms with Crippen LogP contribution in [0.3, 0.4) is 0 Å². The standard InChI is InChI=1S/C31H25F6N4O2P/c32-30(33,34)22-15-21(16-23(17-22)31(35,36)37)18-40-19-24(38-39-40)20-41(43)29(42)27-13-7-8-14-28(27)44(25-9-3-1-4-10-25)26-11-5-2-6-12-26/h1-17,39,43H,18-20H2. The zero-order chi connectivity index (χ0) is 31.5. The van der Waals surface area contributed by atoms with Crippen LogP contribution in [0.15, 0.2) is 108 Å². The van der Waals surface area contributed by atoms with E-state index < -0.39 is 37.3 Å². The smallest absolute Gasteiger partial charge is 0.285 e. The summed E-state index contributed by atoms with van der Waals surface area (Å²) in [5.41, 5.74) is -0.00827. The molecule has 1 aliphatic rings. The van der Waals surface area contributed by atoms with Crippen molar-refractivity contribution in [1.29, 1.82) is 0 Å². The lowest BCUT2D eigenvalue weighted by Gasteiger charge is -2.23. The normalized spacial score (nSPS) is 14.0. The molecule has 228 valence electrons. The summed E-state index contributed by atoms with van der Waals surface area (Å²) in [5.74, 6) is -0.686. The Morgan fingerprint density at radius 1 is 0.818 bits per heavy atom. The Balaban J connectivity index is 1.32. The molecular formula is C31H25F6N4O2P. The number of rotatable bonds is 8. The summed E-state index contributed by atoms with van der Waals surface area (Å²) in [4.78, 5) is 13.5. The van der Waals surface area contributed by atoms with Gasteiger partial charge in [-0.1, -0.05) is 78.9 Å². The van der Waals surface area contributed by atoms with E-state index in [9.17, 15) is 36.3 Å². The zero-order valence-electron chi connectivity index (χ0n) is 22.8. The molecule has 1 aliphatic heterocycles. The minimum absolute atomic E-state index is 0.0652. The summed E-state index contributed by atoms with van der Waals surface area (Å²) in [6.07, 6.45) is -9.93. The highest BCUT2D eigenvalue weighted by Gasteiger charge is 2.37. The lowest BCUT2D eigenvalue weighted by atomic mass is 10.0. The van der Waals surface area contributed by atoms with Gasteiger partial charge in [0.05, 0.1) is 35.5 Å². The third-order valence-electron chi connectivity index (χ3n) is 6.71. The molecule has 0 atom stereocenters. The van der Waals surface area contributed by atoms with Crippen LogP contribution in [0.1, 0.15) is 27.0 Å². The molecule has 0 saturated heterocycles. The summed E-state index contributed by atoms with van der Waals surface area (Å²) in [7, 11) is -1.17. The summed E-state index contributed by atoms with van der Waals surface area (Å²) in [6.45, 7) is -0.757. The minimum Gasteiger partial charge on any atom is -0.285 e. The van der Waals surface area contributed by atoms with Gasteiger partial charge in [0.2, 0.25) is 0 Å². The van der Waals surface area contributed by atoms with Gasteiger partial charge < -0.3 is 0 Å². The molecule has 13 heteroatoms. The van der Waals surface area contributed by atoms with E-state index in [0.29, 0.717) is 17.2 Å². The Bertz CT molecular complexity index is 1580. The van der Waals surface area contributed by atoms with Crippen molar-refractivity contribution in [3.8, 4) is 0 Å². The number of hydrogen-bond acceptors (Lipinski definition) is 5.